The van der Waals surface area contributed by atoms with Gasteiger partial charge in [-0.15, -0.1) is 0 Å². The Morgan fingerprint density at radius 1 is 1.32 bits per heavy atom. The monoisotopic (exact) mass is 297 g/mol. The molecule has 0 aliphatic carbocycles. The van der Waals surface area contributed by atoms with Crippen molar-refractivity contribution in [3.8, 4) is 17.6 Å². The molecule has 2 rings (SSSR count). The number of benzene rings is 2. The standard InChI is InChI=1S/C17H12FNO3/c1-22-16-7-6-11(9-15(16)20)8-12(10-19)17(21)13-4-2-3-5-14(13)18/h2-9,20H,1H3/b12-8+. The van der Waals surface area contributed by atoms with Crippen LogP contribution in [0.2, 0.25) is 0 Å². The molecule has 0 heterocycles. The molecule has 0 bridgehead atoms. The number of phenolic OH excluding ortho intramolecular Hbond substituents is 1. The second kappa shape index (κ2) is 6.55. The zero-order valence-corrected chi connectivity index (χ0v) is 11.7. The highest BCUT2D eigenvalue weighted by molar-refractivity contribution is 6.14. The van der Waals surface area contributed by atoms with Crippen LogP contribution >= 0.6 is 0 Å². The van der Waals surface area contributed by atoms with Gasteiger partial charge in [-0.25, -0.2) is 4.39 Å². The first-order chi connectivity index (χ1) is 10.6. The van der Waals surface area contributed by atoms with E-state index in [2.05, 4.69) is 0 Å². The third kappa shape index (κ3) is 3.13. The van der Waals surface area contributed by atoms with E-state index in [1.54, 1.807) is 12.1 Å². The van der Waals surface area contributed by atoms with E-state index in [1.807, 2.05) is 0 Å². The van der Waals surface area contributed by atoms with Gasteiger partial charge in [-0.1, -0.05) is 18.2 Å². The van der Waals surface area contributed by atoms with Crippen LogP contribution in [0.4, 0.5) is 4.39 Å². The van der Waals surface area contributed by atoms with Crippen LogP contribution in [0.1, 0.15) is 15.9 Å². The van der Waals surface area contributed by atoms with E-state index in [0.717, 1.165) is 6.07 Å². The van der Waals surface area contributed by atoms with Crippen molar-refractivity contribution in [3.05, 3.63) is 65.0 Å². The average Bonchev–Trinajstić information content (AvgIpc) is 2.52. The van der Waals surface area contributed by atoms with Gasteiger partial charge in [0, 0.05) is 0 Å². The molecule has 1 N–H and O–H groups in total. The lowest BCUT2D eigenvalue weighted by Crippen LogP contribution is -2.04. The fourth-order valence-corrected chi connectivity index (χ4v) is 1.90. The zero-order valence-electron chi connectivity index (χ0n) is 11.7. The fraction of sp³-hybridized carbons (Fsp3) is 0.0588. The minimum Gasteiger partial charge on any atom is -0.504 e. The number of nitrogens with zero attached hydrogens (tertiary/aromatic N) is 1. The summed E-state index contributed by atoms with van der Waals surface area (Å²) in [6.45, 7) is 0. The van der Waals surface area contributed by atoms with Gasteiger partial charge in [0.2, 0.25) is 5.78 Å². The topological polar surface area (TPSA) is 70.3 Å². The van der Waals surface area contributed by atoms with Gasteiger partial charge < -0.3 is 9.84 Å². The van der Waals surface area contributed by atoms with E-state index in [-0.39, 0.29) is 22.6 Å². The van der Waals surface area contributed by atoms with Gasteiger partial charge in [-0.2, -0.15) is 5.26 Å². The van der Waals surface area contributed by atoms with E-state index in [9.17, 15) is 14.3 Å². The maximum Gasteiger partial charge on any atom is 0.206 e. The molecule has 5 heteroatoms. The predicted molar refractivity (Wildman–Crippen MR) is 79.0 cm³/mol. The second-order valence-electron chi connectivity index (χ2n) is 4.41. The maximum absolute atomic E-state index is 13.6. The number of halogens is 1. The molecule has 2 aromatic carbocycles. The molecule has 2 aromatic rings. The number of nitriles is 1. The van der Waals surface area contributed by atoms with Crippen LogP contribution in [0.3, 0.4) is 0 Å². The Morgan fingerprint density at radius 2 is 2.05 bits per heavy atom. The zero-order chi connectivity index (χ0) is 16.1. The Hall–Kier alpha value is -3.13. The first-order valence-corrected chi connectivity index (χ1v) is 6.35. The third-order valence-corrected chi connectivity index (χ3v) is 3.00. The SMILES string of the molecule is COc1ccc(/C=C(\C#N)C(=O)c2ccccc2F)cc1O. The molecule has 0 aliphatic rings. The van der Waals surface area contributed by atoms with Crippen LogP contribution in [-0.2, 0) is 0 Å². The fourth-order valence-electron chi connectivity index (χ4n) is 1.90. The number of carbonyl (C=O) groups excluding carboxylic acids is 1. The number of carbonyl (C=O) groups is 1. The normalized spacial score (nSPS) is 10.9. The number of methoxy groups -OCH3 is 1. The number of hydrogen-bond acceptors (Lipinski definition) is 4. The summed E-state index contributed by atoms with van der Waals surface area (Å²) in [6, 6.07) is 11.6. The largest absolute Gasteiger partial charge is 0.504 e. The summed E-state index contributed by atoms with van der Waals surface area (Å²) in [7, 11) is 1.41. The molecule has 22 heavy (non-hydrogen) atoms. The summed E-state index contributed by atoms with van der Waals surface area (Å²) in [6.07, 6.45) is 1.29. The van der Waals surface area contributed by atoms with E-state index in [0.29, 0.717) is 5.56 Å². The summed E-state index contributed by atoms with van der Waals surface area (Å²) in [5.74, 6) is -1.25. The van der Waals surface area contributed by atoms with Gasteiger partial charge in [-0.05, 0) is 35.9 Å². The van der Waals surface area contributed by atoms with Crippen molar-refractivity contribution in [3.63, 3.8) is 0 Å². The van der Waals surface area contributed by atoms with Crippen LogP contribution in [0.25, 0.3) is 6.08 Å². The van der Waals surface area contributed by atoms with Gasteiger partial charge in [0.05, 0.1) is 12.7 Å². The van der Waals surface area contributed by atoms with Gasteiger partial charge in [0.15, 0.2) is 11.5 Å². The summed E-state index contributed by atoms with van der Waals surface area (Å²) < 4.78 is 18.5. The predicted octanol–water partition coefficient (Wildman–Crippen LogP) is 3.33. The van der Waals surface area contributed by atoms with Gasteiger partial charge in [0.25, 0.3) is 0 Å². The molecule has 110 valence electrons. The third-order valence-electron chi connectivity index (χ3n) is 3.00. The highest BCUT2D eigenvalue weighted by atomic mass is 19.1. The number of rotatable bonds is 4. The number of hydrogen-bond donors (Lipinski definition) is 1. The molecule has 0 unspecified atom stereocenters. The quantitative estimate of drug-likeness (QED) is 0.534. The molecule has 0 radical (unpaired) electrons. The van der Waals surface area contributed by atoms with Crippen LogP contribution < -0.4 is 4.74 Å². The lowest BCUT2D eigenvalue weighted by molar-refractivity contribution is 0.103. The van der Waals surface area contributed by atoms with Gasteiger partial charge >= 0.3 is 0 Å². The summed E-state index contributed by atoms with van der Waals surface area (Å²) in [5.41, 5.74) is 0.0299. The van der Waals surface area contributed by atoms with Crippen molar-refractivity contribution >= 4 is 11.9 Å². The van der Waals surface area contributed by atoms with Crippen LogP contribution in [0.5, 0.6) is 11.5 Å². The van der Waals surface area contributed by atoms with E-state index in [1.165, 1.54) is 43.5 Å². The highest BCUT2D eigenvalue weighted by Gasteiger charge is 2.16. The van der Waals surface area contributed by atoms with Gasteiger partial charge in [0.1, 0.15) is 17.5 Å². The molecule has 0 saturated heterocycles. The summed E-state index contributed by atoms with van der Waals surface area (Å²) >= 11 is 0. The minimum absolute atomic E-state index is 0.119. The van der Waals surface area contributed by atoms with Crippen LogP contribution in [0.15, 0.2) is 48.0 Å². The number of Topliss-reactive ketones (excluding diaryl/α,β-unsaturated/α-hetero) is 1. The summed E-state index contributed by atoms with van der Waals surface area (Å²) in [4.78, 5) is 12.2. The number of ketones is 1. The molecule has 4 nitrogen and oxygen atoms in total. The van der Waals surface area contributed by atoms with E-state index >= 15 is 0 Å². The first kappa shape index (κ1) is 15.3. The van der Waals surface area contributed by atoms with Crippen LogP contribution in [0, 0.1) is 17.1 Å². The van der Waals surface area contributed by atoms with E-state index in [4.69, 9.17) is 10.00 Å². The Labute approximate surface area is 126 Å². The number of aromatic hydroxyl groups is 1. The smallest absolute Gasteiger partial charge is 0.206 e. The first-order valence-electron chi connectivity index (χ1n) is 6.35. The molecular weight excluding hydrogens is 285 g/mol. The Morgan fingerprint density at radius 3 is 2.64 bits per heavy atom. The van der Waals surface area contributed by atoms with E-state index < -0.39 is 11.6 Å². The van der Waals surface area contributed by atoms with Crippen molar-refractivity contribution in [1.82, 2.24) is 0 Å². The van der Waals surface area contributed by atoms with Crippen molar-refractivity contribution in [2.24, 2.45) is 0 Å². The number of phenols is 1. The molecule has 0 fully saturated rings. The Kier molecular flexibility index (Phi) is 4.54. The lowest BCUT2D eigenvalue weighted by Gasteiger charge is -2.04. The molecule has 0 aliphatic heterocycles. The summed E-state index contributed by atoms with van der Waals surface area (Å²) in [5, 5.41) is 18.8. The minimum atomic E-state index is -0.712. The Bertz CT molecular complexity index is 791. The molecule has 0 saturated carbocycles. The molecule has 0 spiro atoms. The average molecular weight is 297 g/mol. The maximum atomic E-state index is 13.6. The molecule has 0 atom stereocenters. The number of ether oxygens (including phenoxy) is 1. The van der Waals surface area contributed by atoms with Crippen molar-refractivity contribution < 1.29 is 19.0 Å². The highest BCUT2D eigenvalue weighted by Crippen LogP contribution is 2.27. The lowest BCUT2D eigenvalue weighted by atomic mass is 10.0. The van der Waals surface area contributed by atoms with Crippen molar-refractivity contribution in [2.75, 3.05) is 7.11 Å². The number of allylic oxidation sites excluding steroid dienone is 1. The van der Waals surface area contributed by atoms with Crippen molar-refractivity contribution in [1.29, 1.82) is 5.26 Å². The Balaban J connectivity index is 2.40. The van der Waals surface area contributed by atoms with Crippen LogP contribution in [-0.4, -0.2) is 18.0 Å². The van der Waals surface area contributed by atoms with Crippen molar-refractivity contribution in [2.45, 2.75) is 0 Å². The molecule has 0 amide bonds. The second-order valence-corrected chi connectivity index (χ2v) is 4.41. The van der Waals surface area contributed by atoms with Gasteiger partial charge in [-0.3, -0.25) is 4.79 Å². The molecular formula is C17H12FNO3. The molecule has 0 aromatic heterocycles.